The zero-order valence-electron chi connectivity index (χ0n) is 7.09. The van der Waals surface area contributed by atoms with E-state index < -0.39 is 0 Å². The van der Waals surface area contributed by atoms with Crippen LogP contribution in [0.3, 0.4) is 0 Å². The summed E-state index contributed by atoms with van der Waals surface area (Å²) in [6.45, 7) is 0.572. The van der Waals surface area contributed by atoms with Crippen LogP contribution in [0.25, 0.3) is 5.69 Å². The van der Waals surface area contributed by atoms with Crippen LogP contribution in [0.4, 0.5) is 0 Å². The van der Waals surface area contributed by atoms with Crippen LogP contribution in [0, 0.1) is 0 Å². The first kappa shape index (κ1) is 7.94. The number of benzene rings is 1. The maximum atomic E-state index is 5.49. The Morgan fingerprint density at radius 2 is 1.69 bits per heavy atom. The van der Waals surface area contributed by atoms with Gasteiger partial charge >= 0.3 is 0 Å². The standard InChI is InChI=1S/C9H10N4/c10-5-8-1-3-9(4-2-8)13-6-11-12-7-13/h1-4,6-7H,5,10H2. The van der Waals surface area contributed by atoms with Gasteiger partial charge in [0.15, 0.2) is 0 Å². The van der Waals surface area contributed by atoms with Crippen LogP contribution in [0.5, 0.6) is 0 Å². The summed E-state index contributed by atoms with van der Waals surface area (Å²) in [6.07, 6.45) is 3.33. The van der Waals surface area contributed by atoms with Crippen LogP contribution < -0.4 is 5.73 Å². The average molecular weight is 174 g/mol. The molecule has 2 aromatic rings. The molecule has 0 aliphatic heterocycles. The molecule has 0 aliphatic rings. The van der Waals surface area contributed by atoms with Gasteiger partial charge in [0, 0.05) is 12.2 Å². The molecule has 1 aromatic carbocycles. The third kappa shape index (κ3) is 1.57. The van der Waals surface area contributed by atoms with E-state index in [9.17, 15) is 0 Å². The minimum absolute atomic E-state index is 0.572. The zero-order chi connectivity index (χ0) is 9.10. The molecule has 0 atom stereocenters. The Hall–Kier alpha value is -1.68. The van der Waals surface area contributed by atoms with Gasteiger partial charge in [-0.05, 0) is 17.7 Å². The van der Waals surface area contributed by atoms with Crippen LogP contribution in [0.15, 0.2) is 36.9 Å². The first-order valence-electron chi connectivity index (χ1n) is 4.04. The Kier molecular flexibility index (Phi) is 2.06. The van der Waals surface area contributed by atoms with Crippen LogP contribution in [-0.2, 0) is 6.54 Å². The fourth-order valence-electron chi connectivity index (χ4n) is 1.14. The van der Waals surface area contributed by atoms with Gasteiger partial charge in [-0.25, -0.2) is 0 Å². The van der Waals surface area contributed by atoms with Gasteiger partial charge < -0.3 is 5.73 Å². The number of nitrogens with two attached hydrogens (primary N) is 1. The van der Waals surface area contributed by atoms with Gasteiger partial charge in [-0.1, -0.05) is 12.1 Å². The molecule has 66 valence electrons. The summed E-state index contributed by atoms with van der Waals surface area (Å²) in [6, 6.07) is 7.97. The number of rotatable bonds is 2. The van der Waals surface area contributed by atoms with Crippen molar-refractivity contribution in [2.24, 2.45) is 5.73 Å². The number of aromatic nitrogens is 3. The van der Waals surface area contributed by atoms with E-state index in [0.717, 1.165) is 11.3 Å². The molecule has 2 rings (SSSR count). The van der Waals surface area contributed by atoms with E-state index in [4.69, 9.17) is 5.73 Å². The van der Waals surface area contributed by atoms with Gasteiger partial charge in [0.1, 0.15) is 12.7 Å². The van der Waals surface area contributed by atoms with Crippen molar-refractivity contribution in [2.45, 2.75) is 6.54 Å². The van der Waals surface area contributed by atoms with Crippen molar-refractivity contribution in [3.8, 4) is 5.69 Å². The van der Waals surface area contributed by atoms with Gasteiger partial charge in [-0.3, -0.25) is 4.57 Å². The largest absolute Gasteiger partial charge is 0.326 e. The molecule has 0 bridgehead atoms. The maximum absolute atomic E-state index is 5.49. The predicted molar refractivity (Wildman–Crippen MR) is 49.3 cm³/mol. The Labute approximate surface area is 76.0 Å². The normalized spacial score (nSPS) is 10.2. The smallest absolute Gasteiger partial charge is 0.123 e. The lowest BCUT2D eigenvalue weighted by molar-refractivity contribution is 1.03. The summed E-state index contributed by atoms with van der Waals surface area (Å²) in [5.41, 5.74) is 7.65. The van der Waals surface area contributed by atoms with Crippen molar-refractivity contribution in [1.82, 2.24) is 14.8 Å². The molecule has 1 heterocycles. The SMILES string of the molecule is NCc1ccc(-n2cnnc2)cc1. The molecule has 4 heteroatoms. The van der Waals surface area contributed by atoms with Crippen LogP contribution in [0.2, 0.25) is 0 Å². The molecule has 0 fully saturated rings. The summed E-state index contributed by atoms with van der Waals surface area (Å²) < 4.78 is 1.85. The van der Waals surface area contributed by atoms with Crippen LogP contribution in [-0.4, -0.2) is 14.8 Å². The summed E-state index contributed by atoms with van der Waals surface area (Å²) in [4.78, 5) is 0. The Balaban J connectivity index is 2.33. The van der Waals surface area contributed by atoms with E-state index >= 15 is 0 Å². The summed E-state index contributed by atoms with van der Waals surface area (Å²) in [5.74, 6) is 0. The Morgan fingerprint density at radius 1 is 1.08 bits per heavy atom. The molecule has 13 heavy (non-hydrogen) atoms. The van der Waals surface area contributed by atoms with Crippen LogP contribution >= 0.6 is 0 Å². The third-order valence-electron chi connectivity index (χ3n) is 1.89. The second-order valence-electron chi connectivity index (χ2n) is 2.74. The maximum Gasteiger partial charge on any atom is 0.123 e. The topological polar surface area (TPSA) is 56.7 Å². The molecule has 0 saturated heterocycles. The lowest BCUT2D eigenvalue weighted by Gasteiger charge is -2.01. The summed E-state index contributed by atoms with van der Waals surface area (Å²) in [5, 5.41) is 7.46. The molecule has 0 unspecified atom stereocenters. The fraction of sp³-hybridized carbons (Fsp3) is 0.111. The highest BCUT2D eigenvalue weighted by atomic mass is 15.2. The average Bonchev–Trinajstić information content (AvgIpc) is 2.71. The van der Waals surface area contributed by atoms with E-state index in [0.29, 0.717) is 6.54 Å². The lowest BCUT2D eigenvalue weighted by Crippen LogP contribution is -1.96. The lowest BCUT2D eigenvalue weighted by atomic mass is 10.2. The van der Waals surface area contributed by atoms with E-state index in [1.807, 2.05) is 28.8 Å². The van der Waals surface area contributed by atoms with Gasteiger partial charge in [0.05, 0.1) is 0 Å². The van der Waals surface area contributed by atoms with Crippen molar-refractivity contribution >= 4 is 0 Å². The molecule has 0 spiro atoms. The zero-order valence-corrected chi connectivity index (χ0v) is 7.09. The number of nitrogens with zero attached hydrogens (tertiary/aromatic N) is 3. The molecule has 2 N–H and O–H groups in total. The van der Waals surface area contributed by atoms with Gasteiger partial charge in [-0.15, -0.1) is 10.2 Å². The van der Waals surface area contributed by atoms with E-state index in [1.54, 1.807) is 12.7 Å². The monoisotopic (exact) mass is 174 g/mol. The molecule has 0 aliphatic carbocycles. The van der Waals surface area contributed by atoms with Crippen molar-refractivity contribution in [1.29, 1.82) is 0 Å². The fourth-order valence-corrected chi connectivity index (χ4v) is 1.14. The van der Waals surface area contributed by atoms with Gasteiger partial charge in [0.2, 0.25) is 0 Å². The minimum Gasteiger partial charge on any atom is -0.326 e. The number of hydrogen-bond acceptors (Lipinski definition) is 3. The van der Waals surface area contributed by atoms with Crippen molar-refractivity contribution in [3.05, 3.63) is 42.5 Å². The second-order valence-corrected chi connectivity index (χ2v) is 2.74. The Morgan fingerprint density at radius 3 is 2.23 bits per heavy atom. The minimum atomic E-state index is 0.572. The first-order chi connectivity index (χ1) is 6.40. The van der Waals surface area contributed by atoms with Gasteiger partial charge in [-0.2, -0.15) is 0 Å². The summed E-state index contributed by atoms with van der Waals surface area (Å²) in [7, 11) is 0. The van der Waals surface area contributed by atoms with E-state index in [1.165, 1.54) is 0 Å². The highest BCUT2D eigenvalue weighted by Crippen LogP contribution is 2.07. The molecule has 0 amide bonds. The highest BCUT2D eigenvalue weighted by molar-refractivity contribution is 5.33. The van der Waals surface area contributed by atoms with E-state index in [2.05, 4.69) is 10.2 Å². The van der Waals surface area contributed by atoms with Crippen LogP contribution in [0.1, 0.15) is 5.56 Å². The quantitative estimate of drug-likeness (QED) is 0.730. The van der Waals surface area contributed by atoms with Crippen molar-refractivity contribution < 1.29 is 0 Å². The molecule has 4 nitrogen and oxygen atoms in total. The first-order valence-corrected chi connectivity index (χ1v) is 4.04. The highest BCUT2D eigenvalue weighted by Gasteiger charge is 1.94. The molecular formula is C9H10N4. The van der Waals surface area contributed by atoms with Gasteiger partial charge in [0.25, 0.3) is 0 Å². The van der Waals surface area contributed by atoms with Crippen molar-refractivity contribution in [2.75, 3.05) is 0 Å². The summed E-state index contributed by atoms with van der Waals surface area (Å²) >= 11 is 0. The molecule has 0 saturated carbocycles. The molecular weight excluding hydrogens is 164 g/mol. The number of hydrogen-bond donors (Lipinski definition) is 1. The Bertz CT molecular complexity index is 363. The van der Waals surface area contributed by atoms with E-state index in [-0.39, 0.29) is 0 Å². The molecule has 0 radical (unpaired) electrons. The molecule has 1 aromatic heterocycles. The predicted octanol–water partition coefficient (Wildman–Crippen LogP) is 0.726. The van der Waals surface area contributed by atoms with Crippen molar-refractivity contribution in [3.63, 3.8) is 0 Å². The second kappa shape index (κ2) is 3.37. The third-order valence-corrected chi connectivity index (χ3v) is 1.89.